The molecule has 29 heavy (non-hydrogen) atoms. The Hall–Kier alpha value is -3.81. The highest BCUT2D eigenvalue weighted by Crippen LogP contribution is 2.27. The van der Waals surface area contributed by atoms with Gasteiger partial charge in [-0.1, -0.05) is 18.2 Å². The third kappa shape index (κ3) is 4.55. The summed E-state index contributed by atoms with van der Waals surface area (Å²) in [5, 5.41) is 7.56. The molecule has 0 radical (unpaired) electrons. The summed E-state index contributed by atoms with van der Waals surface area (Å²) in [6.45, 7) is 1.73. The number of aromatic amines is 1. The number of hydrazone groups is 1. The van der Waals surface area contributed by atoms with E-state index in [1.165, 1.54) is 14.2 Å². The van der Waals surface area contributed by atoms with Gasteiger partial charge in [0, 0.05) is 27.7 Å². The average molecular weight is 394 g/mol. The summed E-state index contributed by atoms with van der Waals surface area (Å²) < 4.78 is 10.3. The van der Waals surface area contributed by atoms with Crippen LogP contribution in [0.1, 0.15) is 21.6 Å². The van der Waals surface area contributed by atoms with Gasteiger partial charge in [-0.15, -0.1) is 0 Å². The molecule has 0 unspecified atom stereocenters. The van der Waals surface area contributed by atoms with E-state index in [-0.39, 0.29) is 6.54 Å². The van der Waals surface area contributed by atoms with Gasteiger partial charge in [-0.3, -0.25) is 9.59 Å². The average Bonchev–Trinajstić information content (AvgIpc) is 3.06. The summed E-state index contributed by atoms with van der Waals surface area (Å²) in [4.78, 5) is 27.5. The van der Waals surface area contributed by atoms with E-state index in [9.17, 15) is 9.59 Å². The molecule has 3 rings (SSSR count). The van der Waals surface area contributed by atoms with Crippen molar-refractivity contribution < 1.29 is 19.1 Å². The Balaban J connectivity index is 1.56. The van der Waals surface area contributed by atoms with Crippen LogP contribution in [0, 0.1) is 6.92 Å². The number of para-hydroxylation sites is 1. The Bertz CT molecular complexity index is 1070. The van der Waals surface area contributed by atoms with Gasteiger partial charge in [-0.25, -0.2) is 5.43 Å². The predicted octanol–water partition coefficient (Wildman–Crippen LogP) is 2.37. The maximum Gasteiger partial charge on any atom is 0.259 e. The number of methoxy groups -OCH3 is 2. The fourth-order valence-electron chi connectivity index (χ4n) is 2.91. The highest BCUT2D eigenvalue weighted by molar-refractivity contribution is 6.01. The van der Waals surface area contributed by atoms with Gasteiger partial charge < -0.3 is 19.8 Å². The Morgan fingerprint density at radius 3 is 2.62 bits per heavy atom. The van der Waals surface area contributed by atoms with Crippen LogP contribution in [-0.4, -0.2) is 43.8 Å². The molecule has 3 aromatic rings. The molecule has 0 bridgehead atoms. The fourth-order valence-corrected chi connectivity index (χ4v) is 2.91. The van der Waals surface area contributed by atoms with Crippen LogP contribution in [0.15, 0.2) is 47.6 Å². The van der Waals surface area contributed by atoms with Crippen LogP contribution in [0.2, 0.25) is 0 Å². The lowest BCUT2D eigenvalue weighted by atomic mass is 10.1. The molecule has 0 fully saturated rings. The van der Waals surface area contributed by atoms with Crippen LogP contribution in [0.3, 0.4) is 0 Å². The van der Waals surface area contributed by atoms with Gasteiger partial charge in [0.1, 0.15) is 0 Å². The van der Waals surface area contributed by atoms with Crippen LogP contribution >= 0.6 is 0 Å². The molecule has 3 N–H and O–H groups in total. The van der Waals surface area contributed by atoms with Crippen LogP contribution in [0.25, 0.3) is 10.9 Å². The molecule has 8 nitrogen and oxygen atoms in total. The second kappa shape index (κ2) is 8.92. The maximum atomic E-state index is 12.2. The minimum atomic E-state index is -0.437. The number of aryl methyl sites for hydroxylation is 1. The van der Waals surface area contributed by atoms with Gasteiger partial charge in [0.05, 0.1) is 27.0 Å². The van der Waals surface area contributed by atoms with Crippen LogP contribution in [-0.2, 0) is 4.79 Å². The molecule has 2 aromatic carbocycles. The van der Waals surface area contributed by atoms with Gasteiger partial charge in [-0.2, -0.15) is 5.10 Å². The lowest BCUT2D eigenvalue weighted by Gasteiger charge is -2.09. The number of ether oxygens (including phenoxy) is 2. The predicted molar refractivity (Wildman–Crippen MR) is 111 cm³/mol. The van der Waals surface area contributed by atoms with Crippen molar-refractivity contribution >= 4 is 28.9 Å². The van der Waals surface area contributed by atoms with Crippen molar-refractivity contribution in [1.29, 1.82) is 0 Å². The minimum absolute atomic E-state index is 0.211. The number of benzene rings is 2. The highest BCUT2D eigenvalue weighted by Gasteiger charge is 2.12. The molecule has 150 valence electrons. The molecule has 1 heterocycles. The first-order valence-electron chi connectivity index (χ1n) is 8.93. The summed E-state index contributed by atoms with van der Waals surface area (Å²) in [6, 6.07) is 12.6. The van der Waals surface area contributed by atoms with E-state index in [2.05, 4.69) is 20.8 Å². The van der Waals surface area contributed by atoms with Gasteiger partial charge in [0.15, 0.2) is 11.5 Å². The summed E-state index contributed by atoms with van der Waals surface area (Å²) >= 11 is 0. The van der Waals surface area contributed by atoms with E-state index in [0.29, 0.717) is 17.1 Å². The number of carbonyl (C=O) groups excluding carboxylic acids is 2. The van der Waals surface area contributed by atoms with E-state index in [1.54, 1.807) is 24.4 Å². The summed E-state index contributed by atoms with van der Waals surface area (Å²) in [7, 11) is 3.00. The van der Waals surface area contributed by atoms with Gasteiger partial charge in [0.2, 0.25) is 0 Å². The standard InChI is InChI=1S/C21H22N4O4/c1-13-16(15-6-4-5-7-17(15)24-13)11-23-25-20(26)12-22-21(27)14-8-9-18(28-2)19(10-14)29-3/h4-11,24H,12H2,1-3H3,(H,22,27)(H,25,26)/b23-11-. The van der Waals surface area contributed by atoms with Crippen molar-refractivity contribution in [3.63, 3.8) is 0 Å². The molecule has 0 saturated heterocycles. The van der Waals surface area contributed by atoms with Crippen molar-refractivity contribution in [3.8, 4) is 11.5 Å². The number of fused-ring (bicyclic) bond motifs is 1. The molecule has 0 saturated carbocycles. The zero-order valence-electron chi connectivity index (χ0n) is 16.4. The number of amides is 2. The Morgan fingerprint density at radius 1 is 1.10 bits per heavy atom. The molecule has 1 aromatic heterocycles. The number of carbonyl (C=O) groups is 2. The number of H-pyrrole nitrogens is 1. The van der Waals surface area contributed by atoms with Gasteiger partial charge in [-0.05, 0) is 31.2 Å². The first-order valence-corrected chi connectivity index (χ1v) is 8.93. The second-order valence-corrected chi connectivity index (χ2v) is 6.25. The quantitative estimate of drug-likeness (QED) is 0.423. The topological polar surface area (TPSA) is 105 Å². The Labute approximate surface area is 167 Å². The summed E-state index contributed by atoms with van der Waals surface area (Å²) in [5.41, 5.74) is 5.62. The number of nitrogens with one attached hydrogen (secondary N) is 3. The molecule has 2 amide bonds. The third-order valence-electron chi connectivity index (χ3n) is 4.38. The second-order valence-electron chi connectivity index (χ2n) is 6.25. The zero-order chi connectivity index (χ0) is 20.8. The summed E-state index contributed by atoms with van der Waals surface area (Å²) in [6.07, 6.45) is 1.59. The first kappa shape index (κ1) is 19.9. The van der Waals surface area contributed by atoms with E-state index >= 15 is 0 Å². The van der Waals surface area contributed by atoms with Crippen molar-refractivity contribution in [2.24, 2.45) is 5.10 Å². The Kier molecular flexibility index (Phi) is 6.13. The minimum Gasteiger partial charge on any atom is -0.493 e. The molecule has 8 heteroatoms. The number of aromatic nitrogens is 1. The largest absolute Gasteiger partial charge is 0.493 e. The molecule has 0 aliphatic rings. The number of rotatable bonds is 7. The molecule has 0 atom stereocenters. The van der Waals surface area contributed by atoms with Crippen LogP contribution < -0.4 is 20.2 Å². The monoisotopic (exact) mass is 394 g/mol. The van der Waals surface area contributed by atoms with E-state index in [0.717, 1.165) is 22.2 Å². The lowest BCUT2D eigenvalue weighted by Crippen LogP contribution is -2.34. The van der Waals surface area contributed by atoms with Crippen molar-refractivity contribution in [1.82, 2.24) is 15.7 Å². The molecular formula is C21H22N4O4. The van der Waals surface area contributed by atoms with Crippen LogP contribution in [0.5, 0.6) is 11.5 Å². The van der Waals surface area contributed by atoms with Crippen molar-refractivity contribution in [2.45, 2.75) is 6.92 Å². The smallest absolute Gasteiger partial charge is 0.259 e. The molecule has 0 aliphatic heterocycles. The normalized spacial score (nSPS) is 10.9. The summed E-state index contributed by atoms with van der Waals surface area (Å²) in [5.74, 6) is 0.108. The zero-order valence-corrected chi connectivity index (χ0v) is 16.4. The molecular weight excluding hydrogens is 372 g/mol. The molecule has 0 spiro atoms. The molecule has 0 aliphatic carbocycles. The number of hydrogen-bond acceptors (Lipinski definition) is 5. The van der Waals surface area contributed by atoms with Crippen molar-refractivity contribution in [3.05, 3.63) is 59.3 Å². The van der Waals surface area contributed by atoms with Crippen molar-refractivity contribution in [2.75, 3.05) is 20.8 Å². The van der Waals surface area contributed by atoms with Crippen LogP contribution in [0.4, 0.5) is 0 Å². The van der Waals surface area contributed by atoms with E-state index < -0.39 is 11.8 Å². The maximum absolute atomic E-state index is 12.2. The number of nitrogens with zero attached hydrogens (tertiary/aromatic N) is 1. The SMILES string of the molecule is COc1ccc(C(=O)NCC(=O)N/N=C\c2c(C)[nH]c3ccccc23)cc1OC. The lowest BCUT2D eigenvalue weighted by molar-refractivity contribution is -0.120. The van der Waals surface area contributed by atoms with Gasteiger partial charge >= 0.3 is 0 Å². The highest BCUT2D eigenvalue weighted by atomic mass is 16.5. The first-order chi connectivity index (χ1) is 14.0. The number of hydrogen-bond donors (Lipinski definition) is 3. The fraction of sp³-hybridized carbons (Fsp3) is 0.190. The Morgan fingerprint density at radius 2 is 1.86 bits per heavy atom. The van der Waals surface area contributed by atoms with Gasteiger partial charge in [0.25, 0.3) is 11.8 Å². The third-order valence-corrected chi connectivity index (χ3v) is 4.38. The van der Waals surface area contributed by atoms with E-state index in [1.807, 2.05) is 31.2 Å². The van der Waals surface area contributed by atoms with E-state index in [4.69, 9.17) is 9.47 Å².